The number of carbonyl (C=O) groups excluding carboxylic acids is 1. The Labute approximate surface area is 109 Å². The molecule has 18 heavy (non-hydrogen) atoms. The minimum absolute atomic E-state index is 0.000978. The summed E-state index contributed by atoms with van der Waals surface area (Å²) < 4.78 is 0. The van der Waals surface area contributed by atoms with E-state index in [-0.39, 0.29) is 5.41 Å². The fourth-order valence-corrected chi connectivity index (χ4v) is 4.96. The molecule has 0 unspecified atom stereocenters. The van der Waals surface area contributed by atoms with E-state index >= 15 is 0 Å². The Bertz CT molecular complexity index is 405. The Balaban J connectivity index is 1.75. The van der Waals surface area contributed by atoms with Gasteiger partial charge in [-0.05, 0) is 63.2 Å². The first-order valence-electron chi connectivity index (χ1n) is 7.21. The molecule has 2 heteroatoms. The standard InChI is InChI=1S/C16H21NO/c1-11(10-17)2-3-15(18)16-7-12-4-13(8-16)6-14(5-12)9-16/h2,12-14H,3-9H2,1H3/b11-2+. The van der Waals surface area contributed by atoms with Crippen molar-refractivity contribution in [1.82, 2.24) is 0 Å². The summed E-state index contributed by atoms with van der Waals surface area (Å²) in [5.41, 5.74) is 0.675. The second kappa shape index (κ2) is 4.23. The first kappa shape index (κ1) is 12.0. The van der Waals surface area contributed by atoms with Crippen molar-refractivity contribution < 1.29 is 4.79 Å². The lowest BCUT2D eigenvalue weighted by atomic mass is 9.48. The maximum atomic E-state index is 12.6. The Morgan fingerprint density at radius 2 is 1.72 bits per heavy atom. The fourth-order valence-electron chi connectivity index (χ4n) is 4.96. The molecule has 0 aliphatic heterocycles. The maximum Gasteiger partial charge on any atom is 0.142 e. The summed E-state index contributed by atoms with van der Waals surface area (Å²) >= 11 is 0. The summed E-state index contributed by atoms with van der Waals surface area (Å²) in [5, 5.41) is 8.75. The zero-order valence-electron chi connectivity index (χ0n) is 11.1. The highest BCUT2D eigenvalue weighted by atomic mass is 16.1. The van der Waals surface area contributed by atoms with Gasteiger partial charge in [-0.1, -0.05) is 6.08 Å². The molecule has 4 saturated carbocycles. The van der Waals surface area contributed by atoms with Gasteiger partial charge in [0.15, 0.2) is 0 Å². The molecule has 0 amide bonds. The van der Waals surface area contributed by atoms with Crippen LogP contribution in [0.3, 0.4) is 0 Å². The van der Waals surface area contributed by atoms with E-state index in [0.717, 1.165) is 37.0 Å². The van der Waals surface area contributed by atoms with Gasteiger partial charge in [-0.3, -0.25) is 4.79 Å². The van der Waals surface area contributed by atoms with E-state index in [0.29, 0.717) is 17.8 Å². The predicted octanol–water partition coefficient (Wildman–Crippen LogP) is 3.63. The molecule has 0 atom stereocenters. The van der Waals surface area contributed by atoms with Crippen molar-refractivity contribution >= 4 is 5.78 Å². The zero-order chi connectivity index (χ0) is 12.8. The Kier molecular flexibility index (Phi) is 2.81. The van der Waals surface area contributed by atoms with Gasteiger partial charge in [-0.2, -0.15) is 5.26 Å². The Morgan fingerprint density at radius 3 is 2.17 bits per heavy atom. The van der Waals surface area contributed by atoms with Gasteiger partial charge in [0.25, 0.3) is 0 Å². The number of nitrogens with zero attached hydrogens (tertiary/aromatic N) is 1. The number of Topliss-reactive ketones (excluding diaryl/α,β-unsaturated/α-hetero) is 1. The van der Waals surface area contributed by atoms with Crippen LogP contribution in [0.2, 0.25) is 0 Å². The molecule has 0 N–H and O–H groups in total. The van der Waals surface area contributed by atoms with Crippen molar-refractivity contribution in [1.29, 1.82) is 5.26 Å². The summed E-state index contributed by atoms with van der Waals surface area (Å²) in [6, 6.07) is 2.10. The largest absolute Gasteiger partial charge is 0.299 e. The molecule has 4 aliphatic carbocycles. The minimum atomic E-state index is 0.000978. The van der Waals surface area contributed by atoms with Crippen LogP contribution in [0, 0.1) is 34.5 Å². The van der Waals surface area contributed by atoms with Gasteiger partial charge in [0.1, 0.15) is 5.78 Å². The van der Waals surface area contributed by atoms with E-state index in [9.17, 15) is 4.79 Å². The molecule has 0 radical (unpaired) electrons. The van der Waals surface area contributed by atoms with E-state index in [1.54, 1.807) is 6.92 Å². The lowest BCUT2D eigenvalue weighted by Gasteiger charge is -2.56. The van der Waals surface area contributed by atoms with Crippen molar-refractivity contribution in [3.63, 3.8) is 0 Å². The Hall–Kier alpha value is -1.10. The molecule has 0 aromatic heterocycles. The van der Waals surface area contributed by atoms with Crippen molar-refractivity contribution in [2.75, 3.05) is 0 Å². The van der Waals surface area contributed by atoms with Crippen LogP contribution in [0.5, 0.6) is 0 Å². The molecule has 4 rings (SSSR count). The lowest BCUT2D eigenvalue weighted by molar-refractivity contribution is -0.142. The molecule has 0 aromatic carbocycles. The topological polar surface area (TPSA) is 40.9 Å². The van der Waals surface area contributed by atoms with E-state index in [4.69, 9.17) is 5.26 Å². The van der Waals surface area contributed by atoms with Crippen LogP contribution in [0.4, 0.5) is 0 Å². The van der Waals surface area contributed by atoms with Gasteiger partial charge >= 0.3 is 0 Å². The molecule has 0 aromatic rings. The highest BCUT2D eigenvalue weighted by molar-refractivity contribution is 5.86. The zero-order valence-corrected chi connectivity index (χ0v) is 11.1. The van der Waals surface area contributed by atoms with Gasteiger partial charge in [-0.15, -0.1) is 0 Å². The average Bonchev–Trinajstić information content (AvgIpc) is 2.33. The second-order valence-corrected chi connectivity index (χ2v) is 6.82. The maximum absolute atomic E-state index is 12.6. The van der Waals surface area contributed by atoms with Gasteiger partial charge < -0.3 is 0 Å². The van der Waals surface area contributed by atoms with Crippen LogP contribution >= 0.6 is 0 Å². The highest BCUT2D eigenvalue weighted by Crippen LogP contribution is 2.60. The molecular formula is C16H21NO. The predicted molar refractivity (Wildman–Crippen MR) is 69.6 cm³/mol. The summed E-state index contributed by atoms with van der Waals surface area (Å²) in [4.78, 5) is 12.6. The first-order valence-corrected chi connectivity index (χ1v) is 7.21. The minimum Gasteiger partial charge on any atom is -0.299 e. The third kappa shape index (κ3) is 1.90. The lowest BCUT2D eigenvalue weighted by Crippen LogP contribution is -2.49. The quantitative estimate of drug-likeness (QED) is 0.710. The van der Waals surface area contributed by atoms with Crippen molar-refractivity contribution in [2.45, 2.75) is 51.9 Å². The number of nitriles is 1. The molecule has 0 saturated heterocycles. The third-order valence-electron chi connectivity index (χ3n) is 5.40. The van der Waals surface area contributed by atoms with Crippen LogP contribution in [-0.2, 0) is 4.79 Å². The van der Waals surface area contributed by atoms with Crippen molar-refractivity contribution in [2.24, 2.45) is 23.2 Å². The van der Waals surface area contributed by atoms with E-state index in [1.807, 2.05) is 6.08 Å². The molecule has 4 bridgehead atoms. The third-order valence-corrected chi connectivity index (χ3v) is 5.40. The van der Waals surface area contributed by atoms with E-state index in [2.05, 4.69) is 6.07 Å². The molecular weight excluding hydrogens is 222 g/mol. The molecule has 0 spiro atoms. The Morgan fingerprint density at radius 1 is 1.22 bits per heavy atom. The molecule has 4 aliphatic rings. The van der Waals surface area contributed by atoms with Gasteiger partial charge in [0, 0.05) is 17.4 Å². The van der Waals surface area contributed by atoms with Gasteiger partial charge in [-0.25, -0.2) is 0 Å². The molecule has 96 valence electrons. The second-order valence-electron chi connectivity index (χ2n) is 6.82. The van der Waals surface area contributed by atoms with E-state index < -0.39 is 0 Å². The highest BCUT2D eigenvalue weighted by Gasteiger charge is 2.53. The van der Waals surface area contributed by atoms with Gasteiger partial charge in [0.2, 0.25) is 0 Å². The van der Waals surface area contributed by atoms with Gasteiger partial charge in [0.05, 0.1) is 6.07 Å². The van der Waals surface area contributed by atoms with Crippen molar-refractivity contribution in [3.8, 4) is 6.07 Å². The fraction of sp³-hybridized carbons (Fsp3) is 0.750. The molecule has 4 fully saturated rings. The van der Waals surface area contributed by atoms with Crippen LogP contribution in [0.15, 0.2) is 11.6 Å². The number of carbonyl (C=O) groups is 1. The summed E-state index contributed by atoms with van der Waals surface area (Å²) in [6.45, 7) is 1.78. The normalized spacial score (nSPS) is 41.8. The average molecular weight is 243 g/mol. The van der Waals surface area contributed by atoms with Crippen molar-refractivity contribution in [3.05, 3.63) is 11.6 Å². The number of allylic oxidation sites excluding steroid dienone is 2. The number of hydrogen-bond donors (Lipinski definition) is 0. The number of ketones is 1. The first-order chi connectivity index (χ1) is 8.61. The van der Waals surface area contributed by atoms with Crippen LogP contribution in [0.1, 0.15) is 51.9 Å². The summed E-state index contributed by atoms with van der Waals surface area (Å²) in [6.07, 6.45) is 9.83. The van der Waals surface area contributed by atoms with Crippen LogP contribution in [0.25, 0.3) is 0 Å². The molecule has 0 heterocycles. The van der Waals surface area contributed by atoms with Crippen LogP contribution in [-0.4, -0.2) is 5.78 Å². The summed E-state index contributed by atoms with van der Waals surface area (Å²) in [5.74, 6) is 2.87. The SMILES string of the molecule is C/C(C#N)=C\CC(=O)C12CC3CC(CC(C3)C1)C2. The van der Waals surface area contributed by atoms with Crippen LogP contribution < -0.4 is 0 Å². The smallest absolute Gasteiger partial charge is 0.142 e. The summed E-state index contributed by atoms with van der Waals surface area (Å²) in [7, 11) is 0. The number of rotatable bonds is 3. The number of hydrogen-bond acceptors (Lipinski definition) is 2. The molecule has 2 nitrogen and oxygen atoms in total. The van der Waals surface area contributed by atoms with E-state index in [1.165, 1.54) is 19.3 Å². The monoisotopic (exact) mass is 243 g/mol.